The van der Waals surface area contributed by atoms with Crippen LogP contribution in [0.15, 0.2) is 29.4 Å². The highest BCUT2D eigenvalue weighted by atomic mass is 32.2. The second kappa shape index (κ2) is 6.39. The smallest absolute Gasteiger partial charge is 0.191 e. The van der Waals surface area contributed by atoms with Crippen molar-refractivity contribution in [1.29, 1.82) is 0 Å². The first-order valence-electron chi connectivity index (χ1n) is 7.08. The Hall–Kier alpha value is -1.69. The third-order valence-corrected chi connectivity index (χ3v) is 4.52. The molecule has 0 saturated heterocycles. The van der Waals surface area contributed by atoms with Crippen molar-refractivity contribution in [1.82, 2.24) is 14.8 Å². The molecule has 3 rings (SSSR count). The molecule has 0 spiro atoms. The number of halogens is 1. The molecule has 0 saturated carbocycles. The van der Waals surface area contributed by atoms with E-state index >= 15 is 0 Å². The van der Waals surface area contributed by atoms with Gasteiger partial charge in [0.25, 0.3) is 0 Å². The standard InChI is InChI=1S/C15H16FN3OS/c16-12-6-4-5-11(9-12)13(20)10-21-15-18-17-14-7-2-1-3-8-19(14)15/h4-6,9H,1-3,7-8,10H2. The summed E-state index contributed by atoms with van der Waals surface area (Å²) < 4.78 is 15.2. The van der Waals surface area contributed by atoms with Crippen LogP contribution in [0, 0.1) is 5.82 Å². The molecule has 6 heteroatoms. The number of aryl methyl sites for hydroxylation is 1. The van der Waals surface area contributed by atoms with E-state index in [9.17, 15) is 9.18 Å². The van der Waals surface area contributed by atoms with Gasteiger partial charge in [-0.1, -0.05) is 30.3 Å². The average molecular weight is 305 g/mol. The van der Waals surface area contributed by atoms with E-state index < -0.39 is 0 Å². The van der Waals surface area contributed by atoms with Gasteiger partial charge in [0, 0.05) is 18.5 Å². The fourth-order valence-corrected chi connectivity index (χ4v) is 3.32. The van der Waals surface area contributed by atoms with Crippen molar-refractivity contribution < 1.29 is 9.18 Å². The minimum absolute atomic E-state index is 0.0922. The van der Waals surface area contributed by atoms with Gasteiger partial charge in [0.1, 0.15) is 11.6 Å². The molecule has 1 aliphatic heterocycles. The van der Waals surface area contributed by atoms with Crippen molar-refractivity contribution in [3.63, 3.8) is 0 Å². The van der Waals surface area contributed by atoms with Crippen LogP contribution in [0.2, 0.25) is 0 Å². The third kappa shape index (κ3) is 3.32. The zero-order valence-corrected chi connectivity index (χ0v) is 12.4. The number of aromatic nitrogens is 3. The quantitative estimate of drug-likeness (QED) is 0.643. The molecular formula is C15H16FN3OS. The molecule has 1 aromatic carbocycles. The van der Waals surface area contributed by atoms with Crippen LogP contribution in [0.3, 0.4) is 0 Å². The van der Waals surface area contributed by atoms with Crippen molar-refractivity contribution in [3.8, 4) is 0 Å². The zero-order chi connectivity index (χ0) is 14.7. The second-order valence-electron chi connectivity index (χ2n) is 5.08. The molecule has 0 amide bonds. The highest BCUT2D eigenvalue weighted by molar-refractivity contribution is 7.99. The van der Waals surface area contributed by atoms with Crippen LogP contribution < -0.4 is 0 Å². The lowest BCUT2D eigenvalue weighted by Gasteiger charge is -2.06. The number of rotatable bonds is 4. The van der Waals surface area contributed by atoms with Gasteiger partial charge in [0.15, 0.2) is 10.9 Å². The normalized spacial score (nSPS) is 14.5. The van der Waals surface area contributed by atoms with Crippen LogP contribution in [-0.2, 0) is 13.0 Å². The summed E-state index contributed by atoms with van der Waals surface area (Å²) in [5.74, 6) is 0.780. The Labute approximate surface area is 126 Å². The summed E-state index contributed by atoms with van der Waals surface area (Å²) in [6, 6.07) is 5.79. The van der Waals surface area contributed by atoms with Gasteiger partial charge in [-0.3, -0.25) is 4.79 Å². The fraction of sp³-hybridized carbons (Fsp3) is 0.400. The molecule has 110 valence electrons. The highest BCUT2D eigenvalue weighted by Gasteiger charge is 2.16. The molecule has 1 aliphatic rings. The van der Waals surface area contributed by atoms with E-state index in [-0.39, 0.29) is 17.4 Å². The van der Waals surface area contributed by atoms with Gasteiger partial charge in [-0.2, -0.15) is 0 Å². The first kappa shape index (κ1) is 14.3. The number of hydrogen-bond donors (Lipinski definition) is 0. The monoisotopic (exact) mass is 305 g/mol. The summed E-state index contributed by atoms with van der Waals surface area (Å²) in [7, 11) is 0. The van der Waals surface area contributed by atoms with Gasteiger partial charge in [-0.15, -0.1) is 10.2 Å². The minimum atomic E-state index is -0.387. The minimum Gasteiger partial charge on any atom is -0.306 e. The van der Waals surface area contributed by atoms with E-state index in [0.717, 1.165) is 36.8 Å². The molecule has 0 aliphatic carbocycles. The molecule has 0 N–H and O–H groups in total. The van der Waals surface area contributed by atoms with Crippen LogP contribution >= 0.6 is 11.8 Å². The number of ketones is 1. The number of thioether (sulfide) groups is 1. The Kier molecular flexibility index (Phi) is 4.34. The van der Waals surface area contributed by atoms with E-state index in [2.05, 4.69) is 14.8 Å². The van der Waals surface area contributed by atoms with Crippen LogP contribution in [0.5, 0.6) is 0 Å². The number of hydrogen-bond acceptors (Lipinski definition) is 4. The number of fused-ring (bicyclic) bond motifs is 1. The predicted octanol–water partition coefficient (Wildman–Crippen LogP) is 3.12. The molecule has 1 aromatic heterocycles. The summed E-state index contributed by atoms with van der Waals surface area (Å²) in [4.78, 5) is 12.1. The predicted molar refractivity (Wildman–Crippen MR) is 79.0 cm³/mol. The maximum Gasteiger partial charge on any atom is 0.191 e. The Morgan fingerprint density at radius 3 is 3.05 bits per heavy atom. The zero-order valence-electron chi connectivity index (χ0n) is 11.6. The molecule has 0 atom stereocenters. The Morgan fingerprint density at radius 2 is 2.19 bits per heavy atom. The van der Waals surface area contributed by atoms with Crippen molar-refractivity contribution >= 4 is 17.5 Å². The number of carbonyl (C=O) groups is 1. The van der Waals surface area contributed by atoms with Crippen LogP contribution in [-0.4, -0.2) is 26.3 Å². The van der Waals surface area contributed by atoms with Crippen LogP contribution in [0.4, 0.5) is 4.39 Å². The van der Waals surface area contributed by atoms with Gasteiger partial charge < -0.3 is 4.57 Å². The molecular weight excluding hydrogens is 289 g/mol. The summed E-state index contributed by atoms with van der Waals surface area (Å²) in [5.41, 5.74) is 0.401. The molecule has 0 fully saturated rings. The molecule has 0 radical (unpaired) electrons. The first-order valence-corrected chi connectivity index (χ1v) is 8.06. The second-order valence-corrected chi connectivity index (χ2v) is 6.03. The molecule has 21 heavy (non-hydrogen) atoms. The van der Waals surface area contributed by atoms with E-state index in [1.807, 2.05) is 0 Å². The SMILES string of the molecule is O=C(CSc1nnc2n1CCCCC2)c1cccc(F)c1. The van der Waals surface area contributed by atoms with E-state index in [0.29, 0.717) is 5.56 Å². The molecule has 4 nitrogen and oxygen atoms in total. The topological polar surface area (TPSA) is 47.8 Å². The lowest BCUT2D eigenvalue weighted by atomic mass is 10.1. The fourth-order valence-electron chi connectivity index (χ4n) is 2.44. The maximum atomic E-state index is 13.1. The Morgan fingerprint density at radius 1 is 1.29 bits per heavy atom. The van der Waals surface area contributed by atoms with E-state index in [1.165, 1.54) is 30.3 Å². The summed E-state index contributed by atoms with van der Waals surface area (Å²) in [6.07, 6.45) is 4.42. The third-order valence-electron chi connectivity index (χ3n) is 3.55. The number of Topliss-reactive ketones (excluding diaryl/α,β-unsaturated/α-hetero) is 1. The number of nitrogens with zero attached hydrogens (tertiary/aromatic N) is 3. The van der Waals surface area contributed by atoms with Crippen molar-refractivity contribution in [2.24, 2.45) is 0 Å². The lowest BCUT2D eigenvalue weighted by molar-refractivity contribution is 0.102. The summed E-state index contributed by atoms with van der Waals surface area (Å²) in [5, 5.41) is 9.16. The molecule has 0 unspecified atom stereocenters. The largest absolute Gasteiger partial charge is 0.306 e. The van der Waals surface area contributed by atoms with Crippen LogP contribution in [0.25, 0.3) is 0 Å². The van der Waals surface area contributed by atoms with Gasteiger partial charge >= 0.3 is 0 Å². The Bertz CT molecular complexity index is 656. The first-order chi connectivity index (χ1) is 10.2. The average Bonchev–Trinajstić information content (AvgIpc) is 2.72. The van der Waals surface area contributed by atoms with E-state index in [4.69, 9.17) is 0 Å². The molecule has 0 bridgehead atoms. The van der Waals surface area contributed by atoms with Crippen molar-refractivity contribution in [3.05, 3.63) is 41.5 Å². The molecule has 2 aromatic rings. The lowest BCUT2D eigenvalue weighted by Crippen LogP contribution is -2.06. The van der Waals surface area contributed by atoms with Crippen LogP contribution in [0.1, 0.15) is 35.4 Å². The van der Waals surface area contributed by atoms with Gasteiger partial charge in [0.2, 0.25) is 0 Å². The summed E-state index contributed by atoms with van der Waals surface area (Å²) >= 11 is 1.38. The van der Waals surface area contributed by atoms with Crippen molar-refractivity contribution in [2.75, 3.05) is 5.75 Å². The van der Waals surface area contributed by atoms with E-state index in [1.54, 1.807) is 12.1 Å². The molecule has 2 heterocycles. The maximum absolute atomic E-state index is 13.1. The summed E-state index contributed by atoms with van der Waals surface area (Å²) in [6.45, 7) is 0.915. The highest BCUT2D eigenvalue weighted by Crippen LogP contribution is 2.22. The number of benzene rings is 1. The van der Waals surface area contributed by atoms with Gasteiger partial charge in [-0.25, -0.2) is 4.39 Å². The van der Waals surface area contributed by atoms with Gasteiger partial charge in [0.05, 0.1) is 5.75 Å². The van der Waals surface area contributed by atoms with Crippen molar-refractivity contribution in [2.45, 2.75) is 37.4 Å². The number of carbonyl (C=O) groups excluding carboxylic acids is 1. The van der Waals surface area contributed by atoms with Gasteiger partial charge in [-0.05, 0) is 25.0 Å². The Balaban J connectivity index is 1.68.